The van der Waals surface area contributed by atoms with Crippen LogP contribution in [0.2, 0.25) is 5.02 Å². The highest BCUT2D eigenvalue weighted by Gasteiger charge is 2.12. The number of nitrogens with zero attached hydrogens (tertiary/aromatic N) is 1. The van der Waals surface area contributed by atoms with Crippen molar-refractivity contribution in [3.05, 3.63) is 58.6 Å². The van der Waals surface area contributed by atoms with Gasteiger partial charge >= 0.3 is 0 Å². The Bertz CT molecular complexity index is 803. The summed E-state index contributed by atoms with van der Waals surface area (Å²) in [5.74, 6) is 0.571. The molecule has 2 aromatic rings. The number of hydrogen-bond acceptors (Lipinski definition) is 4. The molecule has 2 rings (SSSR count). The summed E-state index contributed by atoms with van der Waals surface area (Å²) in [7, 11) is 3.05. The monoisotopic (exact) mass is 342 g/mol. The molecule has 6 heteroatoms. The Labute approximate surface area is 145 Å². The molecule has 0 spiro atoms. The first kappa shape index (κ1) is 17.4. The molecule has 1 amide bonds. The van der Waals surface area contributed by atoms with Gasteiger partial charge in [0.1, 0.15) is 23.1 Å². The number of halogens is 1. The fourth-order valence-corrected chi connectivity index (χ4v) is 2.16. The Morgan fingerprint density at radius 1 is 1.17 bits per heavy atom. The van der Waals surface area contributed by atoms with Gasteiger partial charge in [-0.15, -0.1) is 0 Å². The van der Waals surface area contributed by atoms with Gasteiger partial charge in [-0.2, -0.15) is 5.26 Å². The summed E-state index contributed by atoms with van der Waals surface area (Å²) in [5.41, 5.74) is 0.982. The maximum atomic E-state index is 12.3. The van der Waals surface area contributed by atoms with E-state index in [0.29, 0.717) is 27.8 Å². The topological polar surface area (TPSA) is 71.3 Å². The van der Waals surface area contributed by atoms with Gasteiger partial charge in [-0.25, -0.2) is 0 Å². The minimum Gasteiger partial charge on any atom is -0.497 e. The number of rotatable bonds is 5. The third-order valence-corrected chi connectivity index (χ3v) is 3.50. The number of hydrogen-bond donors (Lipinski definition) is 1. The van der Waals surface area contributed by atoms with Crippen LogP contribution in [-0.2, 0) is 4.79 Å². The molecule has 0 heterocycles. The number of nitriles is 1. The van der Waals surface area contributed by atoms with E-state index in [4.69, 9.17) is 21.1 Å². The Hall–Kier alpha value is -2.97. The van der Waals surface area contributed by atoms with E-state index >= 15 is 0 Å². The van der Waals surface area contributed by atoms with Crippen molar-refractivity contribution in [2.24, 2.45) is 0 Å². The molecule has 0 saturated carbocycles. The van der Waals surface area contributed by atoms with Crippen molar-refractivity contribution in [2.45, 2.75) is 0 Å². The maximum Gasteiger partial charge on any atom is 0.266 e. The number of carbonyl (C=O) groups excluding carboxylic acids is 1. The molecule has 5 nitrogen and oxygen atoms in total. The van der Waals surface area contributed by atoms with E-state index in [1.807, 2.05) is 6.07 Å². The first-order valence-electron chi connectivity index (χ1n) is 6.98. The lowest BCUT2D eigenvalue weighted by atomic mass is 10.1. The van der Waals surface area contributed by atoms with Crippen LogP contribution >= 0.6 is 11.6 Å². The molecule has 122 valence electrons. The van der Waals surface area contributed by atoms with Crippen molar-refractivity contribution in [2.75, 3.05) is 19.5 Å². The van der Waals surface area contributed by atoms with Gasteiger partial charge in [0.25, 0.3) is 5.91 Å². The van der Waals surface area contributed by atoms with Crippen molar-refractivity contribution >= 4 is 29.3 Å². The Balaban J connectivity index is 2.31. The fraction of sp³-hybridized carbons (Fsp3) is 0.111. The molecule has 0 unspecified atom stereocenters. The van der Waals surface area contributed by atoms with E-state index in [1.165, 1.54) is 20.3 Å². The number of nitrogens with one attached hydrogen (secondary N) is 1. The van der Waals surface area contributed by atoms with Crippen molar-refractivity contribution in [1.82, 2.24) is 0 Å². The molecule has 0 aliphatic rings. The molecule has 24 heavy (non-hydrogen) atoms. The Morgan fingerprint density at radius 3 is 2.33 bits per heavy atom. The second-order valence-corrected chi connectivity index (χ2v) is 5.16. The normalized spacial score (nSPS) is 10.7. The molecule has 0 bridgehead atoms. The Morgan fingerprint density at radius 2 is 1.79 bits per heavy atom. The third-order valence-electron chi connectivity index (χ3n) is 3.17. The van der Waals surface area contributed by atoms with Gasteiger partial charge in [0, 0.05) is 6.07 Å². The number of benzene rings is 2. The highest BCUT2D eigenvalue weighted by Crippen LogP contribution is 2.25. The van der Waals surface area contributed by atoms with Crippen LogP contribution in [0.15, 0.2) is 48.0 Å². The average Bonchev–Trinajstić information content (AvgIpc) is 2.61. The number of carbonyl (C=O) groups is 1. The van der Waals surface area contributed by atoms with Crippen LogP contribution in [0.5, 0.6) is 11.5 Å². The van der Waals surface area contributed by atoms with Crippen LogP contribution in [0, 0.1) is 11.3 Å². The van der Waals surface area contributed by atoms with Gasteiger partial charge in [0.2, 0.25) is 0 Å². The highest BCUT2D eigenvalue weighted by molar-refractivity contribution is 6.34. The summed E-state index contributed by atoms with van der Waals surface area (Å²) in [6.07, 6.45) is 1.46. The zero-order valence-electron chi connectivity index (χ0n) is 13.2. The summed E-state index contributed by atoms with van der Waals surface area (Å²) >= 11 is 6.01. The quantitative estimate of drug-likeness (QED) is 0.660. The van der Waals surface area contributed by atoms with E-state index < -0.39 is 5.91 Å². The van der Waals surface area contributed by atoms with Crippen LogP contribution in [-0.4, -0.2) is 20.1 Å². The molecule has 2 aromatic carbocycles. The summed E-state index contributed by atoms with van der Waals surface area (Å²) in [5, 5.41) is 12.3. The zero-order valence-corrected chi connectivity index (χ0v) is 13.9. The van der Waals surface area contributed by atoms with E-state index in [-0.39, 0.29) is 5.57 Å². The maximum absolute atomic E-state index is 12.3. The van der Waals surface area contributed by atoms with Gasteiger partial charge < -0.3 is 14.8 Å². The van der Waals surface area contributed by atoms with E-state index in [9.17, 15) is 10.1 Å². The summed E-state index contributed by atoms with van der Waals surface area (Å²) in [6.45, 7) is 0. The molecule has 0 aliphatic heterocycles. The van der Waals surface area contributed by atoms with Crippen molar-refractivity contribution in [3.8, 4) is 17.6 Å². The molecule has 0 aliphatic carbocycles. The molecule has 0 aromatic heterocycles. The van der Waals surface area contributed by atoms with Gasteiger partial charge in [0.15, 0.2) is 0 Å². The fourth-order valence-electron chi connectivity index (χ4n) is 1.98. The molecule has 1 N–H and O–H groups in total. The lowest BCUT2D eigenvalue weighted by molar-refractivity contribution is -0.112. The number of para-hydroxylation sites is 1. The predicted octanol–water partition coefficient (Wildman–Crippen LogP) is 3.90. The molecular formula is C18H15ClN2O3. The average molecular weight is 343 g/mol. The second-order valence-electron chi connectivity index (χ2n) is 4.75. The van der Waals surface area contributed by atoms with Crippen LogP contribution in [0.25, 0.3) is 6.08 Å². The van der Waals surface area contributed by atoms with Gasteiger partial charge in [0.05, 0.1) is 24.9 Å². The standard InChI is InChI=1S/C18H15ClN2O3/c1-23-14-8-12(9-15(10-14)24-2)7-13(11-20)18(22)21-17-6-4-3-5-16(17)19/h3-10H,1-2H3,(H,21,22)/b13-7+. The third kappa shape index (κ3) is 4.28. The molecule has 0 fully saturated rings. The predicted molar refractivity (Wildman–Crippen MR) is 93.2 cm³/mol. The van der Waals surface area contributed by atoms with Crippen LogP contribution in [0.1, 0.15) is 5.56 Å². The summed E-state index contributed by atoms with van der Waals surface area (Å²) < 4.78 is 10.3. The minimum atomic E-state index is -0.549. The van der Waals surface area contributed by atoms with Gasteiger partial charge in [-0.05, 0) is 35.9 Å². The van der Waals surface area contributed by atoms with Crippen LogP contribution in [0.3, 0.4) is 0 Å². The van der Waals surface area contributed by atoms with Crippen molar-refractivity contribution in [3.63, 3.8) is 0 Å². The first-order chi connectivity index (χ1) is 11.6. The van der Waals surface area contributed by atoms with Crippen LogP contribution < -0.4 is 14.8 Å². The van der Waals surface area contributed by atoms with Gasteiger partial charge in [-0.3, -0.25) is 4.79 Å². The smallest absolute Gasteiger partial charge is 0.266 e. The number of methoxy groups -OCH3 is 2. The number of amides is 1. The number of anilines is 1. The molecule has 0 radical (unpaired) electrons. The van der Waals surface area contributed by atoms with Crippen molar-refractivity contribution in [1.29, 1.82) is 5.26 Å². The lowest BCUT2D eigenvalue weighted by Gasteiger charge is -2.08. The number of ether oxygens (including phenoxy) is 2. The van der Waals surface area contributed by atoms with Crippen molar-refractivity contribution < 1.29 is 14.3 Å². The lowest BCUT2D eigenvalue weighted by Crippen LogP contribution is -2.13. The molecular weight excluding hydrogens is 328 g/mol. The van der Waals surface area contributed by atoms with E-state index in [0.717, 1.165) is 0 Å². The SMILES string of the molecule is COc1cc(/C=C(\C#N)C(=O)Nc2ccccc2Cl)cc(OC)c1. The summed E-state index contributed by atoms with van der Waals surface area (Å²) in [6, 6.07) is 13.8. The Kier molecular flexibility index (Phi) is 5.83. The molecule has 0 saturated heterocycles. The van der Waals surface area contributed by atoms with E-state index in [2.05, 4.69) is 5.32 Å². The first-order valence-corrected chi connectivity index (χ1v) is 7.36. The zero-order chi connectivity index (χ0) is 17.5. The van der Waals surface area contributed by atoms with Gasteiger partial charge in [-0.1, -0.05) is 23.7 Å². The largest absolute Gasteiger partial charge is 0.497 e. The molecule has 0 atom stereocenters. The summed E-state index contributed by atoms with van der Waals surface area (Å²) in [4.78, 5) is 12.3. The second kappa shape index (κ2) is 8.04. The van der Waals surface area contributed by atoms with E-state index in [1.54, 1.807) is 42.5 Å². The minimum absolute atomic E-state index is 0.0646. The van der Waals surface area contributed by atoms with Crippen LogP contribution in [0.4, 0.5) is 5.69 Å². The highest BCUT2D eigenvalue weighted by atomic mass is 35.5.